The predicted molar refractivity (Wildman–Crippen MR) is 84.2 cm³/mol. The summed E-state index contributed by atoms with van der Waals surface area (Å²) in [7, 11) is 0. The number of aryl methyl sites for hydroxylation is 1. The Balaban J connectivity index is 2.08. The third-order valence-corrected chi connectivity index (χ3v) is 4.44. The number of benzene rings is 1. The summed E-state index contributed by atoms with van der Waals surface area (Å²) in [4.78, 5) is 12.0. The first-order chi connectivity index (χ1) is 9.74. The molecule has 0 saturated heterocycles. The summed E-state index contributed by atoms with van der Waals surface area (Å²) in [5.41, 5.74) is 6.86. The number of rotatable bonds is 1. The average Bonchev–Trinajstić information content (AvgIpc) is 3.02. The van der Waals surface area contributed by atoms with Crippen LogP contribution in [0.3, 0.4) is 0 Å². The zero-order chi connectivity index (χ0) is 13.7. The van der Waals surface area contributed by atoms with Gasteiger partial charge in [0.2, 0.25) is 0 Å². The average molecular weight is 298 g/mol. The number of fused-ring (bicyclic) bond motifs is 2. The van der Waals surface area contributed by atoms with Gasteiger partial charge in [-0.3, -0.25) is 4.57 Å². The summed E-state index contributed by atoms with van der Waals surface area (Å²) in [5, 5.41) is 0. The Hall–Kier alpha value is -2.05. The number of pyridine rings is 1. The first-order valence-electron chi connectivity index (χ1n) is 6.14. The van der Waals surface area contributed by atoms with E-state index in [9.17, 15) is 0 Å². The van der Waals surface area contributed by atoms with Crippen molar-refractivity contribution in [2.75, 3.05) is 0 Å². The molecular formula is C14H10N4S2. The molecule has 1 N–H and O–H groups in total. The number of hydrogen-bond donors (Lipinski definition) is 1. The maximum atomic E-state index is 5.45. The summed E-state index contributed by atoms with van der Waals surface area (Å²) in [6.45, 7) is 2.05. The SMILES string of the molecule is Cc1ccnc2c1[nH]c(=S)n2-c1ccc2ncsc2c1. The maximum absolute atomic E-state index is 5.45. The van der Waals surface area contributed by atoms with Crippen LogP contribution in [0.1, 0.15) is 5.56 Å². The van der Waals surface area contributed by atoms with E-state index in [1.165, 1.54) is 0 Å². The van der Waals surface area contributed by atoms with Gasteiger partial charge in [0.15, 0.2) is 10.4 Å². The molecule has 3 heterocycles. The van der Waals surface area contributed by atoms with Gasteiger partial charge >= 0.3 is 0 Å². The highest BCUT2D eigenvalue weighted by molar-refractivity contribution is 7.71. The molecule has 20 heavy (non-hydrogen) atoms. The second-order valence-electron chi connectivity index (χ2n) is 4.60. The van der Waals surface area contributed by atoms with Crippen molar-refractivity contribution in [3.8, 4) is 5.69 Å². The molecule has 0 bridgehead atoms. The van der Waals surface area contributed by atoms with E-state index in [4.69, 9.17) is 12.2 Å². The van der Waals surface area contributed by atoms with Gasteiger partial charge < -0.3 is 4.98 Å². The summed E-state index contributed by atoms with van der Waals surface area (Å²) < 4.78 is 3.77. The molecule has 0 aliphatic heterocycles. The van der Waals surface area contributed by atoms with Gasteiger partial charge in [-0.25, -0.2) is 9.97 Å². The number of imidazole rings is 1. The number of H-pyrrole nitrogens is 1. The summed E-state index contributed by atoms with van der Waals surface area (Å²) in [5.74, 6) is 0. The molecule has 0 radical (unpaired) electrons. The molecule has 0 fully saturated rings. The van der Waals surface area contributed by atoms with E-state index < -0.39 is 0 Å². The lowest BCUT2D eigenvalue weighted by Gasteiger charge is -2.04. The van der Waals surface area contributed by atoms with Crippen molar-refractivity contribution in [3.05, 3.63) is 46.3 Å². The smallest absolute Gasteiger partial charge is 0.184 e. The van der Waals surface area contributed by atoms with Gasteiger partial charge in [0.1, 0.15) is 0 Å². The van der Waals surface area contributed by atoms with Crippen LogP contribution < -0.4 is 0 Å². The normalized spacial score (nSPS) is 11.4. The standard InChI is InChI=1S/C14H10N4S2/c1-8-4-5-15-13-12(8)17-14(19)18(13)9-2-3-10-11(6-9)20-7-16-10/h2-7H,1H3,(H,17,19). The predicted octanol–water partition coefficient (Wildman–Crippen LogP) is 4.00. The van der Waals surface area contributed by atoms with Gasteiger partial charge in [-0.15, -0.1) is 11.3 Å². The van der Waals surface area contributed by atoms with Crippen molar-refractivity contribution in [3.63, 3.8) is 0 Å². The number of nitrogens with one attached hydrogen (secondary N) is 1. The van der Waals surface area contributed by atoms with E-state index in [1.807, 2.05) is 41.4 Å². The molecule has 98 valence electrons. The Bertz CT molecular complexity index is 993. The number of aromatic nitrogens is 4. The Morgan fingerprint density at radius 2 is 2.15 bits per heavy atom. The highest BCUT2D eigenvalue weighted by Gasteiger charge is 2.10. The van der Waals surface area contributed by atoms with E-state index in [0.29, 0.717) is 4.77 Å². The topological polar surface area (TPSA) is 46.5 Å². The van der Waals surface area contributed by atoms with E-state index in [-0.39, 0.29) is 0 Å². The van der Waals surface area contributed by atoms with E-state index in [0.717, 1.165) is 32.6 Å². The summed E-state index contributed by atoms with van der Waals surface area (Å²) >= 11 is 7.08. The van der Waals surface area contributed by atoms with Crippen molar-refractivity contribution in [1.29, 1.82) is 0 Å². The molecule has 4 rings (SSSR count). The number of hydrogen-bond acceptors (Lipinski definition) is 4. The van der Waals surface area contributed by atoms with Crippen molar-refractivity contribution >= 4 is 44.9 Å². The first-order valence-corrected chi connectivity index (χ1v) is 7.43. The minimum atomic E-state index is 0.658. The Morgan fingerprint density at radius 3 is 3.05 bits per heavy atom. The van der Waals surface area contributed by atoms with Gasteiger partial charge in [0, 0.05) is 6.20 Å². The van der Waals surface area contributed by atoms with Crippen LogP contribution >= 0.6 is 23.6 Å². The minimum absolute atomic E-state index is 0.658. The molecule has 4 nitrogen and oxygen atoms in total. The lowest BCUT2D eigenvalue weighted by molar-refractivity contribution is 1.05. The molecule has 0 spiro atoms. The number of aromatic amines is 1. The lowest BCUT2D eigenvalue weighted by Crippen LogP contribution is -1.95. The number of nitrogens with zero attached hydrogens (tertiary/aromatic N) is 3. The summed E-state index contributed by atoms with van der Waals surface area (Å²) in [6, 6.07) is 8.11. The molecule has 0 atom stereocenters. The molecule has 1 aromatic carbocycles. The molecule has 0 aliphatic rings. The fraction of sp³-hybridized carbons (Fsp3) is 0.0714. The van der Waals surface area contributed by atoms with E-state index in [1.54, 1.807) is 11.3 Å². The van der Waals surface area contributed by atoms with Gasteiger partial charge in [-0.2, -0.15) is 0 Å². The lowest BCUT2D eigenvalue weighted by atomic mass is 10.2. The first kappa shape index (κ1) is 11.7. The third kappa shape index (κ3) is 1.62. The second-order valence-corrected chi connectivity index (χ2v) is 5.87. The Labute approximate surface area is 123 Å². The van der Waals surface area contributed by atoms with Gasteiger partial charge in [0.25, 0.3) is 0 Å². The summed E-state index contributed by atoms with van der Waals surface area (Å²) in [6.07, 6.45) is 1.81. The van der Waals surface area contributed by atoms with Gasteiger partial charge in [-0.1, -0.05) is 0 Å². The minimum Gasteiger partial charge on any atom is -0.329 e. The zero-order valence-corrected chi connectivity index (χ0v) is 12.3. The fourth-order valence-corrected chi connectivity index (χ4v) is 3.35. The quantitative estimate of drug-likeness (QED) is 0.540. The van der Waals surface area contributed by atoms with Crippen LogP contribution in [-0.4, -0.2) is 19.5 Å². The highest BCUT2D eigenvalue weighted by Crippen LogP contribution is 2.24. The Kier molecular flexibility index (Phi) is 2.48. The van der Waals surface area contributed by atoms with Crippen LogP contribution in [0, 0.1) is 11.7 Å². The van der Waals surface area contributed by atoms with Crippen molar-refractivity contribution < 1.29 is 0 Å². The van der Waals surface area contributed by atoms with Gasteiger partial charge in [0.05, 0.1) is 26.9 Å². The van der Waals surface area contributed by atoms with E-state index in [2.05, 4.69) is 21.0 Å². The molecule has 4 aromatic rings. The van der Waals surface area contributed by atoms with Crippen molar-refractivity contribution in [2.45, 2.75) is 6.92 Å². The fourth-order valence-electron chi connectivity index (χ4n) is 2.35. The second kappa shape index (κ2) is 4.22. The molecule has 0 saturated carbocycles. The molecule has 0 amide bonds. The number of thiazole rings is 1. The van der Waals surface area contributed by atoms with Crippen molar-refractivity contribution in [1.82, 2.24) is 19.5 Å². The van der Waals surface area contributed by atoms with Crippen molar-refractivity contribution in [2.24, 2.45) is 0 Å². The maximum Gasteiger partial charge on any atom is 0.184 e. The van der Waals surface area contributed by atoms with Crippen LogP contribution in [-0.2, 0) is 0 Å². The molecule has 0 unspecified atom stereocenters. The van der Waals surface area contributed by atoms with Crippen LogP contribution in [0.2, 0.25) is 0 Å². The molecule has 6 heteroatoms. The van der Waals surface area contributed by atoms with Crippen LogP contribution in [0.4, 0.5) is 0 Å². The molecule has 0 aliphatic carbocycles. The molecular weight excluding hydrogens is 288 g/mol. The monoisotopic (exact) mass is 298 g/mol. The van der Waals surface area contributed by atoms with Crippen LogP contribution in [0.15, 0.2) is 36.0 Å². The third-order valence-electron chi connectivity index (χ3n) is 3.36. The Morgan fingerprint density at radius 1 is 1.25 bits per heavy atom. The van der Waals surface area contributed by atoms with Gasteiger partial charge in [-0.05, 0) is 49.0 Å². The molecule has 3 aromatic heterocycles. The van der Waals surface area contributed by atoms with Crippen LogP contribution in [0.5, 0.6) is 0 Å². The van der Waals surface area contributed by atoms with E-state index >= 15 is 0 Å². The van der Waals surface area contributed by atoms with Crippen LogP contribution in [0.25, 0.3) is 27.1 Å². The zero-order valence-electron chi connectivity index (χ0n) is 10.6. The highest BCUT2D eigenvalue weighted by atomic mass is 32.1. The largest absolute Gasteiger partial charge is 0.329 e.